The molecular formula is C11H17N3O3. The molecule has 2 rings (SSSR count). The van der Waals surface area contributed by atoms with Gasteiger partial charge in [0.05, 0.1) is 19.5 Å². The zero-order valence-electron chi connectivity index (χ0n) is 10.0. The molecule has 2 N–H and O–H groups in total. The number of aromatic nitrogens is 2. The van der Waals surface area contributed by atoms with Gasteiger partial charge in [0.15, 0.2) is 5.69 Å². The Morgan fingerprint density at radius 1 is 1.76 bits per heavy atom. The largest absolute Gasteiger partial charge is 0.464 e. The number of anilines is 1. The molecule has 0 aromatic carbocycles. The van der Waals surface area contributed by atoms with Crippen LogP contribution in [0.2, 0.25) is 0 Å². The van der Waals surface area contributed by atoms with E-state index in [1.165, 1.54) is 7.11 Å². The Morgan fingerprint density at radius 2 is 2.53 bits per heavy atom. The number of imidazole rings is 1. The first kappa shape index (κ1) is 11.9. The van der Waals surface area contributed by atoms with Crippen LogP contribution >= 0.6 is 0 Å². The minimum atomic E-state index is -0.503. The van der Waals surface area contributed by atoms with Crippen LogP contribution in [0.4, 0.5) is 5.82 Å². The molecule has 1 saturated heterocycles. The summed E-state index contributed by atoms with van der Waals surface area (Å²) in [6, 6.07) is 0. The van der Waals surface area contributed by atoms with E-state index in [-0.39, 0.29) is 11.8 Å². The van der Waals surface area contributed by atoms with E-state index in [1.807, 2.05) is 6.92 Å². The van der Waals surface area contributed by atoms with Gasteiger partial charge in [0, 0.05) is 19.1 Å². The van der Waals surface area contributed by atoms with Crippen molar-refractivity contribution in [1.29, 1.82) is 0 Å². The Kier molecular flexibility index (Phi) is 3.33. The maximum atomic E-state index is 11.3. The second kappa shape index (κ2) is 4.75. The summed E-state index contributed by atoms with van der Waals surface area (Å²) in [5.74, 6) is 0.268. The fourth-order valence-electron chi connectivity index (χ4n) is 2.06. The van der Waals surface area contributed by atoms with Gasteiger partial charge in [-0.05, 0) is 13.3 Å². The number of methoxy groups -OCH3 is 1. The third-order valence-corrected chi connectivity index (χ3v) is 3.22. The highest BCUT2D eigenvalue weighted by Crippen LogP contribution is 2.24. The molecule has 0 radical (unpaired) electrons. The van der Waals surface area contributed by atoms with Crippen molar-refractivity contribution < 1.29 is 14.3 Å². The summed E-state index contributed by atoms with van der Waals surface area (Å²) in [5, 5.41) is 0. The summed E-state index contributed by atoms with van der Waals surface area (Å²) in [7, 11) is 1.31. The molecule has 0 bridgehead atoms. The molecule has 0 amide bonds. The van der Waals surface area contributed by atoms with Gasteiger partial charge in [-0.25, -0.2) is 9.78 Å². The first-order valence-electron chi connectivity index (χ1n) is 5.64. The Labute approximate surface area is 99.7 Å². The normalized spacial score (nSPS) is 23.9. The van der Waals surface area contributed by atoms with Crippen molar-refractivity contribution in [3.05, 3.63) is 12.0 Å². The number of carbonyl (C=O) groups excluding carboxylic acids is 1. The number of ether oxygens (including phenoxy) is 2. The fraction of sp³-hybridized carbons (Fsp3) is 0.636. The topological polar surface area (TPSA) is 79.4 Å². The van der Waals surface area contributed by atoms with Gasteiger partial charge >= 0.3 is 5.97 Å². The van der Waals surface area contributed by atoms with Crippen molar-refractivity contribution in [2.45, 2.75) is 26.0 Å². The fourth-order valence-corrected chi connectivity index (χ4v) is 2.06. The number of nitrogens with zero attached hydrogens (tertiary/aromatic N) is 2. The Bertz CT molecular complexity index is 416. The summed E-state index contributed by atoms with van der Waals surface area (Å²) in [6.07, 6.45) is 2.80. The van der Waals surface area contributed by atoms with Crippen LogP contribution in [0, 0.1) is 5.92 Å². The number of hydrogen-bond acceptors (Lipinski definition) is 5. The molecule has 1 aromatic rings. The Hall–Kier alpha value is -1.56. The highest BCUT2D eigenvalue weighted by molar-refractivity contribution is 5.91. The van der Waals surface area contributed by atoms with Gasteiger partial charge in [0.1, 0.15) is 5.82 Å². The third-order valence-electron chi connectivity index (χ3n) is 3.22. The number of rotatable bonds is 3. The molecule has 6 nitrogen and oxygen atoms in total. The predicted molar refractivity (Wildman–Crippen MR) is 61.5 cm³/mol. The lowest BCUT2D eigenvalue weighted by molar-refractivity contribution is 0.0596. The van der Waals surface area contributed by atoms with Gasteiger partial charge in [-0.2, -0.15) is 0 Å². The van der Waals surface area contributed by atoms with Gasteiger partial charge in [-0.3, -0.25) is 0 Å². The zero-order chi connectivity index (χ0) is 12.4. The molecule has 2 unspecified atom stereocenters. The van der Waals surface area contributed by atoms with E-state index >= 15 is 0 Å². The third kappa shape index (κ3) is 2.26. The van der Waals surface area contributed by atoms with Crippen molar-refractivity contribution in [2.24, 2.45) is 5.92 Å². The van der Waals surface area contributed by atoms with E-state index in [0.29, 0.717) is 11.7 Å². The number of nitrogen functional groups attached to an aromatic ring is 1. The van der Waals surface area contributed by atoms with Gasteiger partial charge in [-0.15, -0.1) is 0 Å². The molecule has 17 heavy (non-hydrogen) atoms. The standard InChI is InChI=1S/C11H17N3O3/c1-7-8(3-4-17-7)5-14-6-13-9(10(14)12)11(15)16-2/h6-8H,3-5,12H2,1-2H3. The molecule has 1 aliphatic rings. The Morgan fingerprint density at radius 3 is 3.12 bits per heavy atom. The molecule has 94 valence electrons. The van der Waals surface area contributed by atoms with Crippen LogP contribution in [0.5, 0.6) is 0 Å². The smallest absolute Gasteiger partial charge is 0.360 e. The number of carbonyl (C=O) groups is 1. The van der Waals surface area contributed by atoms with E-state index in [0.717, 1.165) is 19.6 Å². The average molecular weight is 239 g/mol. The van der Waals surface area contributed by atoms with Crippen LogP contribution in [0.25, 0.3) is 0 Å². The lowest BCUT2D eigenvalue weighted by atomic mass is 10.0. The zero-order valence-corrected chi connectivity index (χ0v) is 10.0. The SMILES string of the molecule is COC(=O)c1ncn(CC2CCOC2C)c1N. The Balaban J connectivity index is 2.12. The number of hydrogen-bond donors (Lipinski definition) is 1. The highest BCUT2D eigenvalue weighted by Gasteiger charge is 2.26. The van der Waals surface area contributed by atoms with Crippen molar-refractivity contribution in [3.63, 3.8) is 0 Å². The van der Waals surface area contributed by atoms with Crippen molar-refractivity contribution >= 4 is 11.8 Å². The molecule has 0 spiro atoms. The van der Waals surface area contributed by atoms with E-state index in [2.05, 4.69) is 9.72 Å². The molecule has 1 fully saturated rings. The summed E-state index contributed by atoms with van der Waals surface area (Å²) in [4.78, 5) is 15.3. The van der Waals surface area contributed by atoms with Crippen LogP contribution in [0.3, 0.4) is 0 Å². The minimum Gasteiger partial charge on any atom is -0.464 e. The predicted octanol–water partition coefficient (Wildman–Crippen LogP) is 0.677. The van der Waals surface area contributed by atoms with E-state index in [4.69, 9.17) is 10.5 Å². The van der Waals surface area contributed by atoms with Crippen LogP contribution in [-0.2, 0) is 16.0 Å². The molecule has 2 heterocycles. The van der Waals surface area contributed by atoms with Crippen LogP contribution < -0.4 is 5.73 Å². The molecule has 6 heteroatoms. The quantitative estimate of drug-likeness (QED) is 0.784. The first-order valence-corrected chi connectivity index (χ1v) is 5.64. The molecular weight excluding hydrogens is 222 g/mol. The summed E-state index contributed by atoms with van der Waals surface area (Å²) >= 11 is 0. The molecule has 0 aliphatic carbocycles. The summed E-state index contributed by atoms with van der Waals surface area (Å²) in [6.45, 7) is 3.55. The molecule has 2 atom stereocenters. The molecule has 0 saturated carbocycles. The monoisotopic (exact) mass is 239 g/mol. The number of esters is 1. The van der Waals surface area contributed by atoms with Crippen LogP contribution in [-0.4, -0.2) is 35.3 Å². The lowest BCUT2D eigenvalue weighted by Gasteiger charge is -2.15. The second-order valence-electron chi connectivity index (χ2n) is 4.25. The van der Waals surface area contributed by atoms with Gasteiger partial charge in [0.25, 0.3) is 0 Å². The van der Waals surface area contributed by atoms with Crippen molar-refractivity contribution in [2.75, 3.05) is 19.5 Å². The van der Waals surface area contributed by atoms with E-state index < -0.39 is 5.97 Å². The summed E-state index contributed by atoms with van der Waals surface area (Å²) < 4.78 is 11.9. The minimum absolute atomic E-state index is 0.180. The molecule has 1 aromatic heterocycles. The van der Waals surface area contributed by atoms with E-state index in [9.17, 15) is 4.79 Å². The van der Waals surface area contributed by atoms with Crippen LogP contribution in [0.15, 0.2) is 6.33 Å². The number of nitrogens with two attached hydrogens (primary N) is 1. The second-order valence-corrected chi connectivity index (χ2v) is 4.25. The lowest BCUT2D eigenvalue weighted by Crippen LogP contribution is -2.19. The van der Waals surface area contributed by atoms with Crippen molar-refractivity contribution in [1.82, 2.24) is 9.55 Å². The highest BCUT2D eigenvalue weighted by atomic mass is 16.5. The summed E-state index contributed by atoms with van der Waals surface area (Å²) in [5.41, 5.74) is 6.04. The van der Waals surface area contributed by atoms with Gasteiger partial charge < -0.3 is 19.8 Å². The van der Waals surface area contributed by atoms with Gasteiger partial charge in [0.2, 0.25) is 0 Å². The average Bonchev–Trinajstić information content (AvgIpc) is 2.87. The van der Waals surface area contributed by atoms with E-state index in [1.54, 1.807) is 10.9 Å². The van der Waals surface area contributed by atoms with Gasteiger partial charge in [-0.1, -0.05) is 0 Å². The van der Waals surface area contributed by atoms with Crippen LogP contribution in [0.1, 0.15) is 23.8 Å². The molecule has 1 aliphatic heterocycles. The maximum absolute atomic E-state index is 11.3. The van der Waals surface area contributed by atoms with Crippen molar-refractivity contribution in [3.8, 4) is 0 Å². The maximum Gasteiger partial charge on any atom is 0.360 e. The first-order chi connectivity index (χ1) is 8.13.